The maximum Gasteiger partial charge on any atom is 0.306 e. The Morgan fingerprint density at radius 1 is 0.933 bits per heavy atom. The van der Waals surface area contributed by atoms with Crippen LogP contribution < -0.4 is 5.32 Å². The van der Waals surface area contributed by atoms with E-state index in [0.29, 0.717) is 6.42 Å². The molecule has 30 heavy (non-hydrogen) atoms. The number of nitrogens with one attached hydrogen (secondary N) is 1. The van der Waals surface area contributed by atoms with Gasteiger partial charge < -0.3 is 15.5 Å². The second kappa shape index (κ2) is 10.1. The minimum Gasteiger partial charge on any atom is -0.481 e. The van der Waals surface area contributed by atoms with Crippen LogP contribution in [0, 0.1) is 11.3 Å². The molecule has 2 rings (SSSR count). The van der Waals surface area contributed by atoms with Gasteiger partial charge >= 0.3 is 11.9 Å². The summed E-state index contributed by atoms with van der Waals surface area (Å²) in [5, 5.41) is 21.2. The van der Waals surface area contributed by atoms with E-state index in [9.17, 15) is 19.5 Å². The van der Waals surface area contributed by atoms with Crippen molar-refractivity contribution in [3.05, 3.63) is 60.2 Å². The first-order chi connectivity index (χ1) is 14.1. The largest absolute Gasteiger partial charge is 0.481 e. The van der Waals surface area contributed by atoms with Crippen molar-refractivity contribution in [2.24, 2.45) is 11.3 Å². The number of carboxylic acid groups (broad SMARTS) is 2. The van der Waals surface area contributed by atoms with Gasteiger partial charge in [0.2, 0.25) is 5.91 Å². The number of carbonyl (C=O) groups excluding carboxylic acids is 1. The van der Waals surface area contributed by atoms with E-state index in [0.717, 1.165) is 16.7 Å². The van der Waals surface area contributed by atoms with Gasteiger partial charge in [-0.1, -0.05) is 75.4 Å². The summed E-state index contributed by atoms with van der Waals surface area (Å²) in [4.78, 5) is 35.1. The Morgan fingerprint density at radius 2 is 1.50 bits per heavy atom. The molecule has 2 aromatic carbocycles. The first-order valence-electron chi connectivity index (χ1n) is 9.98. The minimum absolute atomic E-state index is 0.255. The third kappa shape index (κ3) is 6.72. The zero-order chi connectivity index (χ0) is 22.3. The molecule has 2 aromatic rings. The van der Waals surface area contributed by atoms with Crippen LogP contribution in [0.15, 0.2) is 54.6 Å². The van der Waals surface area contributed by atoms with Crippen molar-refractivity contribution in [3.63, 3.8) is 0 Å². The van der Waals surface area contributed by atoms with Crippen LogP contribution in [0.3, 0.4) is 0 Å². The summed E-state index contributed by atoms with van der Waals surface area (Å²) in [5.41, 5.74) is 2.05. The quantitative estimate of drug-likeness (QED) is 0.548. The number of hydrogen-bond acceptors (Lipinski definition) is 3. The highest BCUT2D eigenvalue weighted by Gasteiger charge is 2.32. The lowest BCUT2D eigenvalue weighted by atomic mass is 9.87. The van der Waals surface area contributed by atoms with E-state index in [1.807, 2.05) is 54.6 Å². The van der Waals surface area contributed by atoms with Crippen LogP contribution in [0.1, 0.15) is 39.2 Å². The Labute approximate surface area is 176 Å². The molecule has 6 nitrogen and oxygen atoms in total. The monoisotopic (exact) mass is 411 g/mol. The van der Waals surface area contributed by atoms with Gasteiger partial charge in [-0.15, -0.1) is 0 Å². The Bertz CT molecular complexity index is 874. The van der Waals surface area contributed by atoms with Crippen molar-refractivity contribution >= 4 is 17.8 Å². The molecule has 2 atom stereocenters. The standard InChI is InChI=1S/C24H29NO5/c1-16(22(28)29)13-20(25-23(30)24(2,3)15-21(26)27)14-17-9-11-19(12-10-17)18-7-5-4-6-8-18/h4-12,16,20H,13-15H2,1-3H3,(H,25,30)(H,26,27)(H,28,29)/t16-,20?/m1/s1. The summed E-state index contributed by atoms with van der Waals surface area (Å²) in [5.74, 6) is -3.02. The Kier molecular flexibility index (Phi) is 7.75. The molecule has 0 aliphatic rings. The van der Waals surface area contributed by atoms with Crippen molar-refractivity contribution in [1.29, 1.82) is 0 Å². The SMILES string of the molecule is C[C@H](CC(Cc1ccc(-c2ccccc2)cc1)NC(=O)C(C)(C)CC(=O)O)C(=O)O. The summed E-state index contributed by atoms with van der Waals surface area (Å²) in [6.07, 6.45) is 0.415. The molecule has 0 heterocycles. The predicted octanol–water partition coefficient (Wildman–Crippen LogP) is 3.99. The Hall–Kier alpha value is -3.15. The molecule has 3 N–H and O–H groups in total. The number of carboxylic acids is 2. The zero-order valence-electron chi connectivity index (χ0n) is 17.6. The lowest BCUT2D eigenvalue weighted by molar-refractivity contribution is -0.144. The number of rotatable bonds is 10. The molecule has 0 saturated heterocycles. The van der Waals surface area contributed by atoms with Crippen LogP contribution in [0.2, 0.25) is 0 Å². The highest BCUT2D eigenvalue weighted by molar-refractivity contribution is 5.86. The van der Waals surface area contributed by atoms with Gasteiger partial charge in [0.15, 0.2) is 0 Å². The van der Waals surface area contributed by atoms with Gasteiger partial charge in [0.25, 0.3) is 0 Å². The highest BCUT2D eigenvalue weighted by atomic mass is 16.4. The maximum atomic E-state index is 12.7. The highest BCUT2D eigenvalue weighted by Crippen LogP contribution is 2.23. The molecule has 0 spiro atoms. The normalized spacial score (nSPS) is 13.3. The molecule has 0 aliphatic heterocycles. The molecule has 0 saturated carbocycles. The average Bonchev–Trinajstić information content (AvgIpc) is 2.68. The summed E-state index contributed by atoms with van der Waals surface area (Å²) in [6, 6.07) is 17.5. The van der Waals surface area contributed by atoms with Crippen LogP contribution in [0.4, 0.5) is 0 Å². The molecular weight excluding hydrogens is 382 g/mol. The first kappa shape index (κ1) is 23.1. The van der Waals surface area contributed by atoms with Crippen molar-refractivity contribution < 1.29 is 24.6 Å². The Balaban J connectivity index is 2.15. The second-order valence-corrected chi connectivity index (χ2v) is 8.37. The number of hydrogen-bond donors (Lipinski definition) is 3. The van der Waals surface area contributed by atoms with E-state index in [-0.39, 0.29) is 12.8 Å². The molecule has 160 valence electrons. The molecule has 0 aromatic heterocycles. The third-order valence-corrected chi connectivity index (χ3v) is 5.15. The topological polar surface area (TPSA) is 104 Å². The Morgan fingerprint density at radius 3 is 2.03 bits per heavy atom. The third-order valence-electron chi connectivity index (χ3n) is 5.15. The van der Waals surface area contributed by atoms with Gasteiger partial charge in [-0.25, -0.2) is 0 Å². The fraction of sp³-hybridized carbons (Fsp3) is 0.375. The van der Waals surface area contributed by atoms with Crippen LogP contribution in [0.5, 0.6) is 0 Å². The minimum atomic E-state index is -1.09. The lowest BCUT2D eigenvalue weighted by Crippen LogP contribution is -2.45. The fourth-order valence-corrected chi connectivity index (χ4v) is 3.31. The molecule has 1 unspecified atom stereocenters. The van der Waals surface area contributed by atoms with Crippen LogP contribution in [0.25, 0.3) is 11.1 Å². The van der Waals surface area contributed by atoms with E-state index >= 15 is 0 Å². The van der Waals surface area contributed by atoms with Crippen molar-refractivity contribution in [3.8, 4) is 11.1 Å². The second-order valence-electron chi connectivity index (χ2n) is 8.37. The van der Waals surface area contributed by atoms with E-state index in [1.165, 1.54) is 0 Å². The maximum absolute atomic E-state index is 12.7. The summed E-state index contributed by atoms with van der Waals surface area (Å²) in [6.45, 7) is 4.74. The van der Waals surface area contributed by atoms with Gasteiger partial charge in [-0.2, -0.15) is 0 Å². The van der Waals surface area contributed by atoms with Crippen molar-refractivity contribution in [2.75, 3.05) is 0 Å². The van der Waals surface area contributed by atoms with Crippen LogP contribution >= 0.6 is 0 Å². The first-order valence-corrected chi connectivity index (χ1v) is 9.98. The number of amides is 1. The van der Waals surface area contributed by atoms with Gasteiger partial charge in [-0.05, 0) is 29.5 Å². The number of benzene rings is 2. The predicted molar refractivity (Wildman–Crippen MR) is 115 cm³/mol. The molecule has 0 fully saturated rings. The van der Waals surface area contributed by atoms with Crippen molar-refractivity contribution in [1.82, 2.24) is 5.32 Å². The van der Waals surface area contributed by atoms with Gasteiger partial charge in [0.1, 0.15) is 0 Å². The average molecular weight is 411 g/mol. The smallest absolute Gasteiger partial charge is 0.306 e. The molecule has 0 bridgehead atoms. The summed E-state index contributed by atoms with van der Waals surface area (Å²) < 4.78 is 0. The van der Waals surface area contributed by atoms with E-state index in [4.69, 9.17) is 5.11 Å². The molecule has 0 radical (unpaired) electrons. The lowest BCUT2D eigenvalue weighted by Gasteiger charge is -2.27. The zero-order valence-corrected chi connectivity index (χ0v) is 17.6. The van der Waals surface area contributed by atoms with Gasteiger partial charge in [0.05, 0.1) is 17.8 Å². The summed E-state index contributed by atoms with van der Waals surface area (Å²) in [7, 11) is 0. The van der Waals surface area contributed by atoms with E-state index < -0.39 is 35.2 Å². The van der Waals surface area contributed by atoms with Gasteiger partial charge in [-0.3, -0.25) is 14.4 Å². The number of carbonyl (C=O) groups is 3. The summed E-state index contributed by atoms with van der Waals surface area (Å²) >= 11 is 0. The molecule has 6 heteroatoms. The van der Waals surface area contributed by atoms with E-state index in [1.54, 1.807) is 20.8 Å². The molecule has 0 aliphatic carbocycles. The van der Waals surface area contributed by atoms with Crippen LogP contribution in [-0.2, 0) is 20.8 Å². The van der Waals surface area contributed by atoms with E-state index in [2.05, 4.69) is 5.32 Å². The fourth-order valence-electron chi connectivity index (χ4n) is 3.31. The number of aliphatic carboxylic acids is 2. The molecule has 1 amide bonds. The molecular formula is C24H29NO5. The van der Waals surface area contributed by atoms with Crippen LogP contribution in [-0.4, -0.2) is 34.1 Å². The van der Waals surface area contributed by atoms with Crippen molar-refractivity contribution in [2.45, 2.75) is 46.1 Å². The van der Waals surface area contributed by atoms with Gasteiger partial charge in [0, 0.05) is 6.04 Å².